The summed E-state index contributed by atoms with van der Waals surface area (Å²) in [6, 6.07) is 2.24. The molecule has 0 amide bonds. The van der Waals surface area contributed by atoms with Gasteiger partial charge in [-0.2, -0.15) is 0 Å². The Hall–Kier alpha value is -1.20. The van der Waals surface area contributed by atoms with Gasteiger partial charge >= 0.3 is 6.98 Å². The van der Waals surface area contributed by atoms with Gasteiger partial charge in [-0.25, -0.2) is 4.39 Å². The van der Waals surface area contributed by atoms with Crippen molar-refractivity contribution in [1.29, 1.82) is 0 Å². The summed E-state index contributed by atoms with van der Waals surface area (Å²) in [6.45, 7) is 0.983. The predicted octanol–water partition coefficient (Wildman–Crippen LogP) is 3.70. The van der Waals surface area contributed by atoms with Crippen molar-refractivity contribution in [2.75, 3.05) is 6.61 Å². The number of ether oxygens (including phenoxy) is 1. The third kappa shape index (κ3) is 4.59. The Kier molecular flexibility index (Phi) is 4.30. The van der Waals surface area contributed by atoms with Crippen LogP contribution < -0.4 is 10.2 Å². The summed E-state index contributed by atoms with van der Waals surface area (Å²) >= 11 is 0. The summed E-state index contributed by atoms with van der Waals surface area (Å²) in [5.41, 5.74) is -0.857. The summed E-state index contributed by atoms with van der Waals surface area (Å²) in [5, 5.41) is 0. The van der Waals surface area contributed by atoms with E-state index in [0.29, 0.717) is 6.42 Å². The minimum Gasteiger partial charge on any atom is -0.491 e. The topological polar surface area (TPSA) is 9.23 Å². The third-order valence-electron chi connectivity index (χ3n) is 2.44. The molecule has 0 saturated carbocycles. The molecule has 1 nitrogen and oxygen atoms in total. The van der Waals surface area contributed by atoms with Crippen LogP contribution in [0.25, 0.3) is 0 Å². The number of halogens is 4. The van der Waals surface area contributed by atoms with Crippen LogP contribution in [0.4, 0.5) is 17.3 Å². The van der Waals surface area contributed by atoms with E-state index < -0.39 is 18.3 Å². The molecule has 1 rings (SSSR count). The molecule has 0 bridgehead atoms. The van der Waals surface area contributed by atoms with Gasteiger partial charge in [0.25, 0.3) is 0 Å². The first-order chi connectivity index (χ1) is 8.09. The van der Waals surface area contributed by atoms with Gasteiger partial charge in [0.1, 0.15) is 0 Å². The van der Waals surface area contributed by atoms with Crippen LogP contribution in [0.2, 0.25) is 0 Å². The van der Waals surface area contributed by atoms with Crippen LogP contribution in [-0.4, -0.2) is 13.6 Å². The first-order valence-electron chi connectivity index (χ1n) is 5.72. The Morgan fingerprint density at radius 3 is 2.28 bits per heavy atom. The van der Waals surface area contributed by atoms with Gasteiger partial charge in [0.2, 0.25) is 0 Å². The maximum atomic E-state index is 13.3. The summed E-state index contributed by atoms with van der Waals surface area (Å²) in [4.78, 5) is 0. The molecule has 18 heavy (non-hydrogen) atoms. The van der Waals surface area contributed by atoms with Crippen LogP contribution in [-0.2, 0) is 0 Å². The fourth-order valence-electron chi connectivity index (χ4n) is 1.30. The molecule has 0 radical (unpaired) electrons. The molecule has 0 aliphatic heterocycles. The van der Waals surface area contributed by atoms with Crippen molar-refractivity contribution in [3.63, 3.8) is 0 Å². The van der Waals surface area contributed by atoms with Crippen LogP contribution in [0.1, 0.15) is 27.2 Å². The maximum absolute atomic E-state index is 13.3. The summed E-state index contributed by atoms with van der Waals surface area (Å²) in [7, 11) is 0. The highest BCUT2D eigenvalue weighted by atomic mass is 19.4. The molecule has 0 unspecified atom stereocenters. The normalized spacial score (nSPS) is 12.6. The van der Waals surface area contributed by atoms with E-state index in [1.54, 1.807) is 0 Å². The largest absolute Gasteiger partial charge is 0.509 e. The van der Waals surface area contributed by atoms with Crippen molar-refractivity contribution in [2.24, 2.45) is 5.41 Å². The summed E-state index contributed by atoms with van der Waals surface area (Å²) < 4.78 is 55.9. The van der Waals surface area contributed by atoms with E-state index >= 15 is 0 Å². The smallest absolute Gasteiger partial charge is 0.491 e. The molecule has 102 valence electrons. The Morgan fingerprint density at radius 1 is 1.17 bits per heavy atom. The molecule has 0 N–H and O–H groups in total. The number of benzene rings is 1. The fourth-order valence-corrected chi connectivity index (χ4v) is 1.30. The minimum absolute atomic E-state index is 0.0119. The molecular weight excluding hydrogens is 247 g/mol. The summed E-state index contributed by atoms with van der Waals surface area (Å²) in [6.07, 6.45) is 0.633. The molecular formula is C12H16BF4O-. The molecule has 0 atom stereocenters. The van der Waals surface area contributed by atoms with Gasteiger partial charge in [0.05, 0.1) is 6.61 Å². The van der Waals surface area contributed by atoms with Gasteiger partial charge in [-0.1, -0.05) is 26.8 Å². The zero-order valence-corrected chi connectivity index (χ0v) is 10.6. The molecule has 0 aliphatic carbocycles. The van der Waals surface area contributed by atoms with E-state index in [4.69, 9.17) is 4.74 Å². The van der Waals surface area contributed by atoms with Crippen molar-refractivity contribution in [2.45, 2.75) is 27.2 Å². The van der Waals surface area contributed by atoms with Crippen LogP contribution in [0, 0.1) is 11.2 Å². The molecule has 0 saturated heterocycles. The second-order valence-electron chi connectivity index (χ2n) is 5.42. The van der Waals surface area contributed by atoms with Crippen LogP contribution in [0.5, 0.6) is 5.75 Å². The average molecular weight is 263 g/mol. The van der Waals surface area contributed by atoms with Gasteiger partial charge in [0.15, 0.2) is 11.6 Å². The van der Waals surface area contributed by atoms with E-state index in [0.717, 1.165) is 18.2 Å². The second kappa shape index (κ2) is 5.20. The van der Waals surface area contributed by atoms with Crippen molar-refractivity contribution >= 4 is 12.4 Å². The zero-order valence-electron chi connectivity index (χ0n) is 10.6. The highest BCUT2D eigenvalue weighted by Crippen LogP contribution is 2.22. The molecule has 0 fully saturated rings. The second-order valence-corrected chi connectivity index (χ2v) is 5.42. The van der Waals surface area contributed by atoms with Crippen LogP contribution in [0.15, 0.2) is 18.2 Å². The molecule has 1 aromatic carbocycles. The van der Waals surface area contributed by atoms with Crippen molar-refractivity contribution in [3.8, 4) is 5.75 Å². The third-order valence-corrected chi connectivity index (χ3v) is 2.44. The lowest BCUT2D eigenvalue weighted by atomic mass is 9.80. The lowest BCUT2D eigenvalue weighted by Crippen LogP contribution is -2.34. The number of rotatable bonds is 4. The quantitative estimate of drug-likeness (QED) is 0.594. The van der Waals surface area contributed by atoms with E-state index in [9.17, 15) is 17.3 Å². The Balaban J connectivity index is 2.76. The van der Waals surface area contributed by atoms with E-state index in [2.05, 4.69) is 0 Å². The lowest BCUT2D eigenvalue weighted by Gasteiger charge is -2.20. The first kappa shape index (κ1) is 14.9. The highest BCUT2D eigenvalue weighted by Gasteiger charge is 2.26. The highest BCUT2D eigenvalue weighted by molar-refractivity contribution is 6.73. The van der Waals surface area contributed by atoms with Crippen molar-refractivity contribution in [1.82, 2.24) is 0 Å². The van der Waals surface area contributed by atoms with Gasteiger partial charge in [-0.3, -0.25) is 0 Å². The van der Waals surface area contributed by atoms with Crippen molar-refractivity contribution in [3.05, 3.63) is 24.0 Å². The minimum atomic E-state index is -5.13. The molecule has 0 aliphatic rings. The van der Waals surface area contributed by atoms with E-state index in [1.807, 2.05) is 20.8 Å². The maximum Gasteiger partial charge on any atom is 0.509 e. The zero-order chi connectivity index (χ0) is 14.0. The van der Waals surface area contributed by atoms with Crippen molar-refractivity contribution < 1.29 is 22.1 Å². The molecule has 6 heteroatoms. The molecule has 0 heterocycles. The Bertz CT molecular complexity index is 410. The van der Waals surface area contributed by atoms with E-state index in [-0.39, 0.29) is 17.8 Å². The predicted molar refractivity (Wildman–Crippen MR) is 64.7 cm³/mol. The van der Waals surface area contributed by atoms with Gasteiger partial charge < -0.3 is 17.7 Å². The number of hydrogen-bond donors (Lipinski definition) is 0. The van der Waals surface area contributed by atoms with E-state index in [1.165, 1.54) is 0 Å². The van der Waals surface area contributed by atoms with Gasteiger partial charge in [-0.05, 0) is 24.0 Å². The summed E-state index contributed by atoms with van der Waals surface area (Å²) in [5.74, 6) is -1.11. The monoisotopic (exact) mass is 263 g/mol. The van der Waals surface area contributed by atoms with Crippen LogP contribution >= 0.6 is 0 Å². The fraction of sp³-hybridized carbons (Fsp3) is 0.500. The Labute approximate surface area is 104 Å². The van der Waals surface area contributed by atoms with Gasteiger partial charge in [-0.15, -0.1) is 5.46 Å². The molecule has 0 spiro atoms. The average Bonchev–Trinajstić information content (AvgIpc) is 2.17. The van der Waals surface area contributed by atoms with Gasteiger partial charge in [0, 0.05) is 0 Å². The lowest BCUT2D eigenvalue weighted by molar-refractivity contribution is 0.235. The Morgan fingerprint density at radius 2 is 1.78 bits per heavy atom. The SMILES string of the molecule is CC(C)(C)CCOc1cc([B-](F)(F)F)ccc1F. The molecule has 0 aromatic heterocycles. The molecule has 1 aromatic rings. The van der Waals surface area contributed by atoms with Crippen LogP contribution in [0.3, 0.4) is 0 Å². The standard InChI is InChI=1S/C12H16BF4O/c1-12(2,3)6-7-18-11-8-9(13(15,16)17)4-5-10(11)14/h4-5,8H,6-7H2,1-3H3/q-1. The number of hydrogen-bond acceptors (Lipinski definition) is 1. The first-order valence-corrected chi connectivity index (χ1v) is 5.72.